The lowest BCUT2D eigenvalue weighted by Crippen LogP contribution is -2.49. The Kier molecular flexibility index (Phi) is 6.45. The summed E-state index contributed by atoms with van der Waals surface area (Å²) in [6, 6.07) is 6.94. The molecule has 0 bridgehead atoms. The SMILES string of the molecule is Cc1c[nH]c2ncnc(N3CCC(C(=O)Nc4cccc(OC(=O)N(C)C)c4)(C(C)C)CC3)c12. The predicted molar refractivity (Wildman–Crippen MR) is 132 cm³/mol. The van der Waals surface area contributed by atoms with E-state index in [1.807, 2.05) is 13.1 Å². The average Bonchev–Trinajstić information content (AvgIpc) is 3.20. The molecule has 0 unspecified atom stereocenters. The number of nitrogens with zero attached hydrogens (tertiary/aromatic N) is 4. The van der Waals surface area contributed by atoms with Crippen molar-refractivity contribution < 1.29 is 14.3 Å². The van der Waals surface area contributed by atoms with Crippen LogP contribution in [0.1, 0.15) is 32.3 Å². The number of fused-ring (bicyclic) bond motifs is 1. The third-order valence-electron chi connectivity index (χ3n) is 6.82. The molecule has 180 valence electrons. The Morgan fingerprint density at radius 2 is 1.94 bits per heavy atom. The number of hydrogen-bond donors (Lipinski definition) is 2. The molecule has 1 fully saturated rings. The zero-order valence-electron chi connectivity index (χ0n) is 20.4. The summed E-state index contributed by atoms with van der Waals surface area (Å²) >= 11 is 0. The summed E-state index contributed by atoms with van der Waals surface area (Å²) in [4.78, 5) is 41.1. The number of aromatic nitrogens is 3. The normalized spacial score (nSPS) is 15.4. The number of rotatable bonds is 5. The molecule has 1 aromatic carbocycles. The number of H-pyrrole nitrogens is 1. The van der Waals surface area contributed by atoms with Crippen molar-refractivity contribution in [1.29, 1.82) is 0 Å². The van der Waals surface area contributed by atoms with E-state index < -0.39 is 11.5 Å². The number of anilines is 2. The van der Waals surface area contributed by atoms with Crippen molar-refractivity contribution in [3.05, 3.63) is 42.4 Å². The van der Waals surface area contributed by atoms with Gasteiger partial charge in [-0.25, -0.2) is 14.8 Å². The lowest BCUT2D eigenvalue weighted by atomic mass is 9.69. The highest BCUT2D eigenvalue weighted by Gasteiger charge is 2.44. The molecule has 9 nitrogen and oxygen atoms in total. The topological polar surface area (TPSA) is 103 Å². The summed E-state index contributed by atoms with van der Waals surface area (Å²) in [5.74, 6) is 1.45. The number of carbonyl (C=O) groups is 2. The second-order valence-electron chi connectivity index (χ2n) is 9.43. The van der Waals surface area contributed by atoms with E-state index in [1.54, 1.807) is 44.7 Å². The molecule has 2 amide bonds. The summed E-state index contributed by atoms with van der Waals surface area (Å²) in [6.07, 6.45) is 4.48. The van der Waals surface area contributed by atoms with Crippen LogP contribution in [0.25, 0.3) is 11.0 Å². The zero-order chi connectivity index (χ0) is 24.5. The van der Waals surface area contributed by atoms with Gasteiger partial charge in [-0.3, -0.25) is 4.79 Å². The Hall–Kier alpha value is -3.62. The van der Waals surface area contributed by atoms with Crippen molar-refractivity contribution in [2.75, 3.05) is 37.4 Å². The van der Waals surface area contributed by atoms with Crippen LogP contribution in [0.2, 0.25) is 0 Å². The third kappa shape index (κ3) is 4.42. The molecule has 0 radical (unpaired) electrons. The van der Waals surface area contributed by atoms with E-state index in [9.17, 15) is 9.59 Å². The standard InChI is InChI=1S/C25H32N6O3/c1-16(2)25(23(32)29-18-7-6-8-19(13-18)34-24(33)30(4)5)9-11-31(12-10-25)22-20-17(3)14-26-21(20)27-15-28-22/h6-8,13-16H,9-12H2,1-5H3,(H,29,32)(H,26,27,28). The fraction of sp³-hybridized carbons (Fsp3) is 0.440. The van der Waals surface area contributed by atoms with Gasteiger partial charge in [0.2, 0.25) is 5.91 Å². The molecule has 0 saturated carbocycles. The highest BCUT2D eigenvalue weighted by Crippen LogP contribution is 2.42. The number of aromatic amines is 1. The molecule has 1 aliphatic heterocycles. The third-order valence-corrected chi connectivity index (χ3v) is 6.82. The van der Waals surface area contributed by atoms with Crippen molar-refractivity contribution in [3.63, 3.8) is 0 Å². The van der Waals surface area contributed by atoms with E-state index in [2.05, 4.69) is 39.0 Å². The van der Waals surface area contributed by atoms with Crippen molar-refractivity contribution >= 4 is 34.5 Å². The largest absolute Gasteiger partial charge is 0.414 e. The van der Waals surface area contributed by atoms with Gasteiger partial charge in [-0.15, -0.1) is 0 Å². The summed E-state index contributed by atoms with van der Waals surface area (Å²) in [7, 11) is 3.24. The van der Waals surface area contributed by atoms with Crippen LogP contribution in [0.3, 0.4) is 0 Å². The van der Waals surface area contributed by atoms with Gasteiger partial charge in [0.25, 0.3) is 0 Å². The maximum Gasteiger partial charge on any atom is 0.414 e. The smallest absolute Gasteiger partial charge is 0.410 e. The van der Waals surface area contributed by atoms with E-state index in [0.29, 0.717) is 24.3 Å². The molecule has 2 N–H and O–H groups in total. The quantitative estimate of drug-likeness (QED) is 0.586. The maximum absolute atomic E-state index is 13.6. The first-order valence-electron chi connectivity index (χ1n) is 11.6. The Bertz CT molecular complexity index is 1190. The number of piperidine rings is 1. The van der Waals surface area contributed by atoms with Gasteiger partial charge in [-0.2, -0.15) is 0 Å². The van der Waals surface area contributed by atoms with Gasteiger partial charge in [-0.05, 0) is 43.4 Å². The van der Waals surface area contributed by atoms with E-state index in [0.717, 1.165) is 35.5 Å². The van der Waals surface area contributed by atoms with Crippen LogP contribution in [0, 0.1) is 18.3 Å². The van der Waals surface area contributed by atoms with E-state index in [1.165, 1.54) is 4.90 Å². The van der Waals surface area contributed by atoms with Gasteiger partial charge in [0, 0.05) is 45.1 Å². The molecule has 3 aromatic rings. The second kappa shape index (κ2) is 9.32. The van der Waals surface area contributed by atoms with Gasteiger partial charge >= 0.3 is 6.09 Å². The van der Waals surface area contributed by atoms with Crippen LogP contribution < -0.4 is 15.0 Å². The first-order valence-corrected chi connectivity index (χ1v) is 11.6. The Balaban J connectivity index is 1.50. The number of aryl methyl sites for hydroxylation is 1. The van der Waals surface area contributed by atoms with Crippen LogP contribution in [0.15, 0.2) is 36.8 Å². The highest BCUT2D eigenvalue weighted by atomic mass is 16.6. The summed E-state index contributed by atoms with van der Waals surface area (Å²) in [5, 5.41) is 4.11. The van der Waals surface area contributed by atoms with Crippen LogP contribution in [-0.2, 0) is 4.79 Å². The molecular formula is C25H32N6O3. The second-order valence-corrected chi connectivity index (χ2v) is 9.43. The number of benzene rings is 1. The maximum atomic E-state index is 13.6. The van der Waals surface area contributed by atoms with E-state index in [-0.39, 0.29) is 11.8 Å². The number of ether oxygens (including phenoxy) is 1. The number of nitrogens with one attached hydrogen (secondary N) is 2. The molecule has 0 spiro atoms. The molecule has 1 aliphatic rings. The van der Waals surface area contributed by atoms with Crippen LogP contribution in [0.4, 0.5) is 16.3 Å². The molecule has 1 saturated heterocycles. The van der Waals surface area contributed by atoms with Crippen molar-refractivity contribution in [2.24, 2.45) is 11.3 Å². The van der Waals surface area contributed by atoms with Crippen molar-refractivity contribution in [1.82, 2.24) is 19.9 Å². The van der Waals surface area contributed by atoms with Gasteiger partial charge in [0.1, 0.15) is 23.5 Å². The minimum atomic E-state index is -0.508. The number of hydrogen-bond acceptors (Lipinski definition) is 6. The molecule has 9 heteroatoms. The summed E-state index contributed by atoms with van der Waals surface area (Å²) in [6.45, 7) is 7.70. The molecule has 2 aromatic heterocycles. The van der Waals surface area contributed by atoms with E-state index in [4.69, 9.17) is 4.74 Å². The highest BCUT2D eigenvalue weighted by molar-refractivity contribution is 5.96. The lowest BCUT2D eigenvalue weighted by Gasteiger charge is -2.43. The predicted octanol–water partition coefficient (Wildman–Crippen LogP) is 4.21. The monoisotopic (exact) mass is 464 g/mol. The van der Waals surface area contributed by atoms with Crippen molar-refractivity contribution in [2.45, 2.75) is 33.6 Å². The fourth-order valence-electron chi connectivity index (χ4n) is 4.61. The molecular weight excluding hydrogens is 432 g/mol. The van der Waals surface area contributed by atoms with Gasteiger partial charge in [0.05, 0.1) is 10.8 Å². The van der Waals surface area contributed by atoms with Gasteiger partial charge < -0.3 is 24.8 Å². The van der Waals surface area contributed by atoms with Crippen LogP contribution in [-0.4, -0.2) is 59.0 Å². The number of carbonyl (C=O) groups excluding carboxylic acids is 2. The Labute approximate surface area is 199 Å². The lowest BCUT2D eigenvalue weighted by molar-refractivity contribution is -0.129. The summed E-state index contributed by atoms with van der Waals surface area (Å²) in [5.41, 5.74) is 2.04. The molecule has 3 heterocycles. The molecule has 4 rings (SSSR count). The van der Waals surface area contributed by atoms with E-state index >= 15 is 0 Å². The first kappa shape index (κ1) is 23.5. The summed E-state index contributed by atoms with van der Waals surface area (Å²) < 4.78 is 5.33. The first-order chi connectivity index (χ1) is 16.2. The zero-order valence-corrected chi connectivity index (χ0v) is 20.4. The fourth-order valence-corrected chi connectivity index (χ4v) is 4.61. The Morgan fingerprint density at radius 1 is 1.21 bits per heavy atom. The van der Waals surface area contributed by atoms with Gasteiger partial charge in [0.15, 0.2) is 0 Å². The van der Waals surface area contributed by atoms with Crippen LogP contribution in [0.5, 0.6) is 5.75 Å². The molecule has 34 heavy (non-hydrogen) atoms. The minimum absolute atomic E-state index is 0.0103. The minimum Gasteiger partial charge on any atom is -0.410 e. The number of amides is 2. The van der Waals surface area contributed by atoms with Crippen LogP contribution >= 0.6 is 0 Å². The molecule has 0 atom stereocenters. The average molecular weight is 465 g/mol. The van der Waals surface area contributed by atoms with Gasteiger partial charge in [-0.1, -0.05) is 19.9 Å². The Morgan fingerprint density at radius 3 is 2.62 bits per heavy atom. The van der Waals surface area contributed by atoms with Crippen molar-refractivity contribution in [3.8, 4) is 5.75 Å². The molecule has 0 aliphatic carbocycles.